The number of allylic oxidation sites excluding steroid dienone is 8. The Kier molecular flexibility index (Phi) is 39.7. The molecule has 0 radical (unpaired) electrons. The van der Waals surface area contributed by atoms with Gasteiger partial charge in [-0.05, 0) is 0 Å². The van der Waals surface area contributed by atoms with Crippen molar-refractivity contribution in [3.8, 4) is 0 Å². The van der Waals surface area contributed by atoms with Crippen molar-refractivity contribution in [3.63, 3.8) is 0 Å². The summed E-state index contributed by atoms with van der Waals surface area (Å²) in [4.78, 5) is 0. The van der Waals surface area contributed by atoms with Crippen molar-refractivity contribution >= 4 is 32.4 Å². The SMILES string of the molecule is CCC1=C(CC)C[C-]=C1.Cl.Cl.[C-]1=CC=CC1.[CH3-].[CH3-].[SiH2]=[Ti]. The van der Waals surface area contributed by atoms with E-state index in [0.717, 1.165) is 12.8 Å². The molecule has 0 aromatic carbocycles. The summed E-state index contributed by atoms with van der Waals surface area (Å²) in [5.41, 5.74) is 3.09. The van der Waals surface area contributed by atoms with E-state index in [2.05, 4.69) is 38.2 Å². The van der Waals surface area contributed by atoms with E-state index in [4.69, 9.17) is 0 Å². The predicted molar refractivity (Wildman–Crippen MR) is 97.5 cm³/mol. The fourth-order valence-electron chi connectivity index (χ4n) is 1.56. The molecule has 0 nitrogen and oxygen atoms in total. The van der Waals surface area contributed by atoms with Gasteiger partial charge in [0.1, 0.15) is 0 Å². The third-order valence-electron chi connectivity index (χ3n) is 2.44. The van der Waals surface area contributed by atoms with Crippen molar-refractivity contribution in [1.82, 2.24) is 0 Å². The molecule has 2 aliphatic rings. The standard InChI is InChI=1S/C9H13.C5H5.2CH3.2ClH.H2Si.Ti/c1-3-8-6-5-7-9(8)4-2;1-2-4-5-3-1;;;;;;/h6H,3-4,7H2,1-2H3;1-3H,4H2;2*1H3;2*1H;1H2;/q4*-1;;;;. The van der Waals surface area contributed by atoms with Crippen LogP contribution in [0.2, 0.25) is 0 Å². The Labute approximate surface area is 153 Å². The van der Waals surface area contributed by atoms with E-state index in [1.54, 1.807) is 5.57 Å². The second kappa shape index (κ2) is 24.5. The second-order valence-corrected chi connectivity index (χ2v) is 3.36. The molecular weight excluding hydrogens is 339 g/mol. The van der Waals surface area contributed by atoms with E-state index in [0.29, 0.717) is 0 Å². The van der Waals surface area contributed by atoms with E-state index in [9.17, 15) is 0 Å². The topological polar surface area (TPSA) is 0 Å². The minimum absolute atomic E-state index is 0. The van der Waals surface area contributed by atoms with Gasteiger partial charge in [0.15, 0.2) is 0 Å². The van der Waals surface area contributed by atoms with Crippen molar-refractivity contribution in [2.24, 2.45) is 0 Å². The monoisotopic (exact) mass is 366 g/mol. The van der Waals surface area contributed by atoms with Gasteiger partial charge in [-0.2, -0.15) is 17.2 Å². The average molecular weight is 367 g/mol. The Hall–Kier alpha value is 0.471. The molecule has 0 aromatic rings. The first-order chi connectivity index (χ1) is 7.88. The van der Waals surface area contributed by atoms with Crippen molar-refractivity contribution in [3.05, 3.63) is 62.5 Å². The summed E-state index contributed by atoms with van der Waals surface area (Å²) in [6.45, 7) is 4.42. The molecule has 0 spiro atoms. The van der Waals surface area contributed by atoms with Gasteiger partial charge in [-0.15, -0.1) is 37.7 Å². The molecule has 0 aromatic heterocycles. The Bertz CT molecular complexity index is 298. The van der Waals surface area contributed by atoms with E-state index in [1.165, 1.54) is 18.4 Å². The zero-order chi connectivity index (χ0) is 12.2. The summed E-state index contributed by atoms with van der Waals surface area (Å²) in [6, 6.07) is 0. The van der Waals surface area contributed by atoms with Crippen LogP contribution in [0.25, 0.3) is 0 Å². The molecule has 0 heterocycles. The maximum atomic E-state index is 3.23. The first-order valence-electron chi connectivity index (χ1n) is 5.73. The number of hydrogen-bond donors (Lipinski definition) is 0. The molecule has 0 N–H and O–H groups in total. The Balaban J connectivity index is -0.0000000604. The third kappa shape index (κ3) is 14.9. The second-order valence-electron chi connectivity index (χ2n) is 3.36. The molecule has 4 heteroatoms. The summed E-state index contributed by atoms with van der Waals surface area (Å²) in [6.07, 6.45) is 18.8. The molecule has 0 bridgehead atoms. The van der Waals surface area contributed by atoms with Crippen LogP contribution in [-0.4, -0.2) is 7.63 Å². The van der Waals surface area contributed by atoms with Gasteiger partial charge in [0.05, 0.1) is 0 Å². The number of halogens is 2. The van der Waals surface area contributed by atoms with Crippen LogP contribution in [0, 0.1) is 27.0 Å². The zero-order valence-electron chi connectivity index (χ0n) is 13.2. The molecular formula is C16H28Cl2SiTi-4. The van der Waals surface area contributed by atoms with Gasteiger partial charge in [-0.25, -0.2) is 18.2 Å². The minimum atomic E-state index is 0. The Morgan fingerprint density at radius 1 is 1.10 bits per heavy atom. The summed E-state index contributed by atoms with van der Waals surface area (Å²) < 4.78 is 0. The van der Waals surface area contributed by atoms with Crippen LogP contribution < -0.4 is 0 Å². The Morgan fingerprint density at radius 2 is 1.70 bits per heavy atom. The van der Waals surface area contributed by atoms with Gasteiger partial charge in [-0.1, -0.05) is 26.7 Å². The van der Waals surface area contributed by atoms with Crippen molar-refractivity contribution in [2.75, 3.05) is 0 Å². The Morgan fingerprint density at radius 3 is 1.95 bits per heavy atom. The molecule has 2 rings (SSSR count). The van der Waals surface area contributed by atoms with Gasteiger partial charge in [0, 0.05) is 0 Å². The molecule has 0 saturated heterocycles. The molecule has 0 aliphatic heterocycles. The summed E-state index contributed by atoms with van der Waals surface area (Å²) in [5.74, 6) is 0. The number of hydrogen-bond acceptors (Lipinski definition) is 0. The summed E-state index contributed by atoms with van der Waals surface area (Å²) in [7, 11) is 1.86. The van der Waals surface area contributed by atoms with E-state index < -0.39 is 0 Å². The first kappa shape index (κ1) is 32.4. The normalized spacial score (nSPS) is 12.4. The van der Waals surface area contributed by atoms with Gasteiger partial charge in [-0.3, -0.25) is 12.2 Å². The summed E-state index contributed by atoms with van der Waals surface area (Å²) in [5, 5.41) is 0. The molecule has 118 valence electrons. The van der Waals surface area contributed by atoms with Crippen LogP contribution in [0.4, 0.5) is 0 Å². The molecule has 20 heavy (non-hydrogen) atoms. The molecule has 0 saturated carbocycles. The van der Waals surface area contributed by atoms with Gasteiger partial charge >= 0.3 is 26.8 Å². The van der Waals surface area contributed by atoms with E-state index >= 15 is 0 Å². The molecule has 0 atom stereocenters. The van der Waals surface area contributed by atoms with Crippen LogP contribution in [0.3, 0.4) is 0 Å². The van der Waals surface area contributed by atoms with E-state index in [-0.39, 0.29) is 39.7 Å². The zero-order valence-corrected chi connectivity index (χ0v) is 17.8. The molecule has 0 fully saturated rings. The predicted octanol–water partition coefficient (Wildman–Crippen LogP) is 5.00. The molecule has 0 unspecified atom stereocenters. The fraction of sp³-hybridized carbons (Fsp3) is 0.375. The fourth-order valence-corrected chi connectivity index (χ4v) is 1.56. The van der Waals surface area contributed by atoms with E-state index in [1.807, 2.05) is 39.0 Å². The quantitative estimate of drug-likeness (QED) is 0.476. The van der Waals surface area contributed by atoms with Crippen molar-refractivity contribution in [2.45, 2.75) is 39.5 Å². The van der Waals surface area contributed by atoms with Crippen LogP contribution >= 0.6 is 24.8 Å². The van der Waals surface area contributed by atoms with Gasteiger partial charge < -0.3 is 14.9 Å². The van der Waals surface area contributed by atoms with Crippen LogP contribution in [0.5, 0.6) is 0 Å². The summed E-state index contributed by atoms with van der Waals surface area (Å²) >= 11 is 2.03. The first-order valence-corrected chi connectivity index (χ1v) is 9.75. The van der Waals surface area contributed by atoms with Crippen LogP contribution in [0.1, 0.15) is 39.5 Å². The van der Waals surface area contributed by atoms with Crippen LogP contribution in [-0.2, 0) is 19.2 Å². The number of rotatable bonds is 2. The van der Waals surface area contributed by atoms with Gasteiger partial charge in [0.2, 0.25) is 0 Å². The van der Waals surface area contributed by atoms with Gasteiger partial charge in [0.25, 0.3) is 0 Å². The molecule has 0 amide bonds. The van der Waals surface area contributed by atoms with Crippen molar-refractivity contribution < 1.29 is 19.2 Å². The average Bonchev–Trinajstić information content (AvgIpc) is 3.05. The third-order valence-corrected chi connectivity index (χ3v) is 2.44. The van der Waals surface area contributed by atoms with Crippen LogP contribution in [0.15, 0.2) is 35.5 Å². The molecule has 2 aliphatic carbocycles. The van der Waals surface area contributed by atoms with Crippen molar-refractivity contribution in [1.29, 1.82) is 0 Å². The maximum absolute atomic E-state index is 3.23.